The number of nitrogens with zero attached hydrogens (tertiary/aromatic N) is 2. The molecule has 4 heteroatoms. The second-order valence-electron chi connectivity index (χ2n) is 2.86. The van der Waals surface area contributed by atoms with Crippen LogP contribution in [0.25, 0.3) is 5.69 Å². The van der Waals surface area contributed by atoms with Gasteiger partial charge in [-0.3, -0.25) is 0 Å². The highest BCUT2D eigenvalue weighted by Gasteiger charge is 2.04. The van der Waals surface area contributed by atoms with Crippen LogP contribution in [0.3, 0.4) is 0 Å². The lowest BCUT2D eigenvalue weighted by atomic mass is 10.3. The molecule has 1 aromatic heterocycles. The molecule has 0 aliphatic heterocycles. The molecule has 72 valence electrons. The first kappa shape index (κ1) is 9.27. The number of aromatic nitrogens is 2. The Morgan fingerprint density at radius 1 is 1.29 bits per heavy atom. The van der Waals surface area contributed by atoms with Crippen LogP contribution in [0.15, 0.2) is 41.0 Å². The van der Waals surface area contributed by atoms with Gasteiger partial charge in [-0.15, -0.1) is 5.10 Å². The van der Waals surface area contributed by atoms with Gasteiger partial charge < -0.3 is 5.32 Å². The third-order valence-corrected chi connectivity index (χ3v) is 2.51. The van der Waals surface area contributed by atoms with Gasteiger partial charge in [0, 0.05) is 13.2 Å². The van der Waals surface area contributed by atoms with Gasteiger partial charge >= 0.3 is 0 Å². The van der Waals surface area contributed by atoms with Crippen LogP contribution in [0, 0.1) is 0 Å². The highest BCUT2D eigenvalue weighted by atomic mass is 79.9. The third-order valence-electron chi connectivity index (χ3n) is 1.93. The molecule has 2 rings (SSSR count). The normalized spacial score (nSPS) is 10.1. The standard InChI is InChI=1S/C10H10BrN3/c1-12-10-9(11)7-14(13-10)8-5-3-2-4-6-8/h2-7H,1H3,(H,12,13). The zero-order valence-electron chi connectivity index (χ0n) is 7.74. The number of nitrogens with one attached hydrogen (secondary N) is 1. The second-order valence-corrected chi connectivity index (χ2v) is 3.71. The van der Waals surface area contributed by atoms with Gasteiger partial charge in [0.15, 0.2) is 5.82 Å². The fourth-order valence-electron chi connectivity index (χ4n) is 1.24. The van der Waals surface area contributed by atoms with Gasteiger partial charge in [0.2, 0.25) is 0 Å². The summed E-state index contributed by atoms with van der Waals surface area (Å²) in [5.41, 5.74) is 1.05. The van der Waals surface area contributed by atoms with Crippen molar-refractivity contribution in [2.24, 2.45) is 0 Å². The van der Waals surface area contributed by atoms with Crippen molar-refractivity contribution in [3.8, 4) is 5.69 Å². The minimum absolute atomic E-state index is 0.842. The molecule has 0 saturated carbocycles. The molecule has 0 aliphatic carbocycles. The number of halogens is 1. The quantitative estimate of drug-likeness (QED) is 0.890. The summed E-state index contributed by atoms with van der Waals surface area (Å²) in [6.45, 7) is 0. The Morgan fingerprint density at radius 3 is 2.57 bits per heavy atom. The Morgan fingerprint density at radius 2 is 2.00 bits per heavy atom. The molecular weight excluding hydrogens is 242 g/mol. The third kappa shape index (κ3) is 1.65. The van der Waals surface area contributed by atoms with E-state index < -0.39 is 0 Å². The summed E-state index contributed by atoms with van der Waals surface area (Å²) in [4.78, 5) is 0. The minimum Gasteiger partial charge on any atom is -0.371 e. The molecular formula is C10H10BrN3. The Bertz CT molecular complexity index is 422. The molecule has 0 atom stereocenters. The van der Waals surface area contributed by atoms with E-state index in [1.165, 1.54) is 0 Å². The van der Waals surface area contributed by atoms with Gasteiger partial charge in [-0.05, 0) is 28.1 Å². The maximum atomic E-state index is 4.36. The van der Waals surface area contributed by atoms with Gasteiger partial charge in [-0.1, -0.05) is 18.2 Å². The van der Waals surface area contributed by atoms with Crippen LogP contribution in [0.5, 0.6) is 0 Å². The maximum Gasteiger partial charge on any atom is 0.162 e. The molecule has 1 N–H and O–H groups in total. The molecule has 0 radical (unpaired) electrons. The van der Waals surface area contributed by atoms with Crippen LogP contribution in [0.1, 0.15) is 0 Å². The van der Waals surface area contributed by atoms with E-state index in [2.05, 4.69) is 26.3 Å². The summed E-state index contributed by atoms with van der Waals surface area (Å²) in [6, 6.07) is 9.99. The lowest BCUT2D eigenvalue weighted by Gasteiger charge is -1.98. The van der Waals surface area contributed by atoms with Crippen molar-refractivity contribution in [1.29, 1.82) is 0 Å². The van der Waals surface area contributed by atoms with Crippen molar-refractivity contribution in [3.05, 3.63) is 41.0 Å². The van der Waals surface area contributed by atoms with Crippen LogP contribution >= 0.6 is 15.9 Å². The molecule has 0 fully saturated rings. The molecule has 0 bridgehead atoms. The van der Waals surface area contributed by atoms with E-state index in [9.17, 15) is 0 Å². The number of para-hydroxylation sites is 1. The summed E-state index contributed by atoms with van der Waals surface area (Å²) in [5.74, 6) is 0.842. The van der Waals surface area contributed by atoms with Crippen LogP contribution in [-0.2, 0) is 0 Å². The molecule has 0 aliphatic rings. The molecule has 3 nitrogen and oxygen atoms in total. The van der Waals surface area contributed by atoms with Crippen LogP contribution in [-0.4, -0.2) is 16.8 Å². The zero-order valence-corrected chi connectivity index (χ0v) is 9.32. The van der Waals surface area contributed by atoms with Gasteiger partial charge in [0.1, 0.15) is 0 Å². The van der Waals surface area contributed by atoms with Gasteiger partial charge in [-0.25, -0.2) is 4.68 Å². The number of benzene rings is 1. The Kier molecular flexibility index (Phi) is 2.54. The maximum absolute atomic E-state index is 4.36. The summed E-state index contributed by atoms with van der Waals surface area (Å²) < 4.78 is 2.79. The molecule has 1 heterocycles. The second kappa shape index (κ2) is 3.84. The van der Waals surface area contributed by atoms with E-state index in [1.54, 1.807) is 0 Å². The summed E-state index contributed by atoms with van der Waals surface area (Å²) >= 11 is 3.43. The summed E-state index contributed by atoms with van der Waals surface area (Å²) in [6.07, 6.45) is 1.93. The molecule has 0 unspecified atom stereocenters. The predicted octanol–water partition coefficient (Wildman–Crippen LogP) is 2.68. The number of rotatable bonds is 2. The Hall–Kier alpha value is -1.29. The van der Waals surface area contributed by atoms with E-state index in [0.29, 0.717) is 0 Å². The molecule has 0 saturated heterocycles. The number of hydrogen-bond donors (Lipinski definition) is 1. The van der Waals surface area contributed by atoms with Gasteiger partial charge in [0.25, 0.3) is 0 Å². The molecule has 0 spiro atoms. The average molecular weight is 252 g/mol. The predicted molar refractivity (Wildman–Crippen MR) is 60.8 cm³/mol. The average Bonchev–Trinajstić information content (AvgIpc) is 2.61. The van der Waals surface area contributed by atoms with Gasteiger partial charge in [0.05, 0.1) is 10.2 Å². The van der Waals surface area contributed by atoms with E-state index in [0.717, 1.165) is 16.0 Å². The molecule has 1 aromatic carbocycles. The van der Waals surface area contributed by atoms with E-state index in [-0.39, 0.29) is 0 Å². The van der Waals surface area contributed by atoms with Crippen LogP contribution in [0.4, 0.5) is 5.82 Å². The minimum atomic E-state index is 0.842. The first-order valence-electron chi connectivity index (χ1n) is 4.29. The number of anilines is 1. The topological polar surface area (TPSA) is 29.9 Å². The zero-order chi connectivity index (χ0) is 9.97. The highest BCUT2D eigenvalue weighted by molar-refractivity contribution is 9.10. The fourth-order valence-corrected chi connectivity index (χ4v) is 1.71. The van der Waals surface area contributed by atoms with Crippen molar-refractivity contribution in [2.75, 3.05) is 12.4 Å². The van der Waals surface area contributed by atoms with Crippen molar-refractivity contribution in [2.45, 2.75) is 0 Å². The molecule has 0 amide bonds. The summed E-state index contributed by atoms with van der Waals surface area (Å²) in [5, 5.41) is 7.36. The van der Waals surface area contributed by atoms with Crippen molar-refractivity contribution < 1.29 is 0 Å². The first-order chi connectivity index (χ1) is 6.81. The van der Waals surface area contributed by atoms with E-state index in [4.69, 9.17) is 0 Å². The van der Waals surface area contributed by atoms with Crippen LogP contribution in [0.2, 0.25) is 0 Å². The van der Waals surface area contributed by atoms with Crippen molar-refractivity contribution >= 4 is 21.7 Å². The Labute approximate surface area is 90.9 Å². The van der Waals surface area contributed by atoms with Crippen molar-refractivity contribution in [3.63, 3.8) is 0 Å². The highest BCUT2D eigenvalue weighted by Crippen LogP contribution is 2.21. The molecule has 14 heavy (non-hydrogen) atoms. The lowest BCUT2D eigenvalue weighted by Crippen LogP contribution is -1.95. The van der Waals surface area contributed by atoms with Crippen LogP contribution < -0.4 is 5.32 Å². The summed E-state index contributed by atoms with van der Waals surface area (Å²) in [7, 11) is 1.85. The van der Waals surface area contributed by atoms with Gasteiger partial charge in [-0.2, -0.15) is 0 Å². The van der Waals surface area contributed by atoms with Crippen molar-refractivity contribution in [1.82, 2.24) is 9.78 Å². The monoisotopic (exact) mass is 251 g/mol. The molecule has 2 aromatic rings. The van der Waals surface area contributed by atoms with E-state index >= 15 is 0 Å². The fraction of sp³-hybridized carbons (Fsp3) is 0.100. The smallest absolute Gasteiger partial charge is 0.162 e. The lowest BCUT2D eigenvalue weighted by molar-refractivity contribution is 0.883. The largest absolute Gasteiger partial charge is 0.371 e. The SMILES string of the molecule is CNc1nn(-c2ccccc2)cc1Br. The first-order valence-corrected chi connectivity index (χ1v) is 5.09. The Balaban J connectivity index is 2.43. The number of hydrogen-bond acceptors (Lipinski definition) is 2. The van der Waals surface area contributed by atoms with E-state index in [1.807, 2.05) is 48.3 Å².